The molecule has 0 radical (unpaired) electrons. The molecule has 126 valence electrons. The standard InChI is InChI=1S/C15H15N2O6P/c18-14-11(7-4-8-13(14)17(19)20)15-16-12(9-23-24(15,21)22)10-5-2-1-3-6-10/h1-8,12,15-16,18H,9H2,(H,21,22)/t12-,15+/m0/s1. The summed E-state index contributed by atoms with van der Waals surface area (Å²) in [6, 6.07) is 12.6. The van der Waals surface area contributed by atoms with E-state index in [1.165, 1.54) is 12.1 Å². The summed E-state index contributed by atoms with van der Waals surface area (Å²) in [6.07, 6.45) is 0. The largest absolute Gasteiger partial charge is 0.502 e. The number of benzene rings is 2. The molecule has 3 rings (SSSR count). The monoisotopic (exact) mass is 350 g/mol. The molecular formula is C15H15N2O6P. The van der Waals surface area contributed by atoms with E-state index in [0.29, 0.717) is 0 Å². The van der Waals surface area contributed by atoms with E-state index in [-0.39, 0.29) is 18.2 Å². The molecule has 1 fully saturated rings. The number of phenols is 1. The molecule has 0 bridgehead atoms. The normalized spacial score (nSPS) is 26.9. The highest BCUT2D eigenvalue weighted by Gasteiger charge is 2.43. The van der Waals surface area contributed by atoms with Crippen LogP contribution in [0.5, 0.6) is 5.75 Å². The highest BCUT2D eigenvalue weighted by molar-refractivity contribution is 7.53. The molecule has 9 heteroatoms. The second-order valence-electron chi connectivity index (χ2n) is 5.36. The van der Waals surface area contributed by atoms with Gasteiger partial charge in [-0.25, -0.2) is 0 Å². The molecule has 0 spiro atoms. The fraction of sp³-hybridized carbons (Fsp3) is 0.200. The number of nitrogens with zero attached hydrogens (tertiary/aromatic N) is 1. The van der Waals surface area contributed by atoms with E-state index < -0.39 is 29.7 Å². The summed E-state index contributed by atoms with van der Waals surface area (Å²) in [5.74, 6) is -1.91. The molecule has 1 unspecified atom stereocenters. The third-order valence-electron chi connectivity index (χ3n) is 3.85. The van der Waals surface area contributed by atoms with E-state index in [0.717, 1.165) is 11.6 Å². The van der Waals surface area contributed by atoms with Gasteiger partial charge in [-0.3, -0.25) is 20.0 Å². The van der Waals surface area contributed by atoms with Crippen LogP contribution in [0.25, 0.3) is 0 Å². The zero-order chi connectivity index (χ0) is 17.3. The number of phenolic OH excluding ortho intramolecular Hbond substituents is 1. The molecule has 1 heterocycles. The zero-order valence-electron chi connectivity index (χ0n) is 12.4. The fourth-order valence-corrected chi connectivity index (χ4v) is 4.09. The molecule has 8 nitrogen and oxygen atoms in total. The van der Waals surface area contributed by atoms with Crippen LogP contribution < -0.4 is 5.32 Å². The van der Waals surface area contributed by atoms with Crippen molar-refractivity contribution in [3.63, 3.8) is 0 Å². The fourth-order valence-electron chi connectivity index (χ4n) is 2.65. The van der Waals surface area contributed by atoms with Gasteiger partial charge < -0.3 is 14.5 Å². The van der Waals surface area contributed by atoms with Gasteiger partial charge >= 0.3 is 13.3 Å². The average molecular weight is 350 g/mol. The summed E-state index contributed by atoms with van der Waals surface area (Å²) >= 11 is 0. The number of nitrogens with one attached hydrogen (secondary N) is 1. The average Bonchev–Trinajstić information content (AvgIpc) is 2.56. The Kier molecular flexibility index (Phi) is 4.38. The number of aromatic hydroxyl groups is 1. The number of nitro benzene ring substituents is 1. The van der Waals surface area contributed by atoms with Gasteiger partial charge in [0.2, 0.25) is 0 Å². The molecule has 3 N–H and O–H groups in total. The molecule has 1 aliphatic rings. The molecule has 0 aromatic heterocycles. The summed E-state index contributed by atoms with van der Waals surface area (Å²) in [5.41, 5.74) is 0.263. The molecule has 1 saturated heterocycles. The number of hydrogen-bond donors (Lipinski definition) is 3. The minimum atomic E-state index is -4.15. The number of rotatable bonds is 3. The zero-order valence-corrected chi connectivity index (χ0v) is 13.3. The lowest BCUT2D eigenvalue weighted by Crippen LogP contribution is -2.34. The first kappa shape index (κ1) is 16.6. The predicted octanol–water partition coefficient (Wildman–Crippen LogP) is 2.85. The summed E-state index contributed by atoms with van der Waals surface area (Å²) in [7, 11) is -4.15. The quantitative estimate of drug-likeness (QED) is 0.442. The Morgan fingerprint density at radius 3 is 2.58 bits per heavy atom. The van der Waals surface area contributed by atoms with Crippen molar-refractivity contribution in [2.45, 2.75) is 11.8 Å². The van der Waals surface area contributed by atoms with Gasteiger partial charge in [-0.2, -0.15) is 0 Å². The first-order chi connectivity index (χ1) is 11.4. The molecule has 0 aliphatic carbocycles. The molecule has 0 saturated carbocycles. The second-order valence-corrected chi connectivity index (χ2v) is 7.27. The molecule has 24 heavy (non-hydrogen) atoms. The Bertz CT molecular complexity index is 813. The maximum Gasteiger partial charge on any atom is 0.349 e. The van der Waals surface area contributed by atoms with Gasteiger partial charge in [0.1, 0.15) is 5.78 Å². The molecule has 1 aliphatic heterocycles. The lowest BCUT2D eigenvalue weighted by Gasteiger charge is -2.34. The van der Waals surface area contributed by atoms with E-state index in [1.54, 1.807) is 0 Å². The van der Waals surface area contributed by atoms with Crippen LogP contribution in [0.3, 0.4) is 0 Å². The van der Waals surface area contributed by atoms with Crippen molar-refractivity contribution in [3.8, 4) is 5.75 Å². The van der Waals surface area contributed by atoms with Gasteiger partial charge in [-0.15, -0.1) is 0 Å². The Morgan fingerprint density at radius 1 is 1.21 bits per heavy atom. The molecule has 3 atom stereocenters. The van der Waals surface area contributed by atoms with Crippen molar-refractivity contribution in [1.29, 1.82) is 0 Å². The second kappa shape index (κ2) is 6.33. The van der Waals surface area contributed by atoms with E-state index in [1.807, 2.05) is 30.3 Å². The first-order valence-corrected chi connectivity index (χ1v) is 8.79. The topological polar surface area (TPSA) is 122 Å². The van der Waals surface area contributed by atoms with Gasteiger partial charge in [0.25, 0.3) is 0 Å². The summed E-state index contributed by atoms with van der Waals surface area (Å²) in [4.78, 5) is 20.3. The Labute approximate surface area is 137 Å². The van der Waals surface area contributed by atoms with Crippen molar-refractivity contribution in [2.75, 3.05) is 6.61 Å². The SMILES string of the molecule is O=[N+]([O-])c1cccc([C@@H]2N[C@H](c3ccccc3)COP2(=O)O)c1O. The Hall–Kier alpha value is -2.25. The van der Waals surface area contributed by atoms with Crippen LogP contribution in [-0.2, 0) is 9.09 Å². The first-order valence-electron chi connectivity index (χ1n) is 7.14. The van der Waals surface area contributed by atoms with Crippen molar-refractivity contribution in [2.24, 2.45) is 0 Å². The van der Waals surface area contributed by atoms with E-state index in [2.05, 4.69) is 5.32 Å². The van der Waals surface area contributed by atoms with E-state index >= 15 is 0 Å². The van der Waals surface area contributed by atoms with Crippen molar-refractivity contribution in [1.82, 2.24) is 5.32 Å². The van der Waals surface area contributed by atoms with Crippen molar-refractivity contribution in [3.05, 3.63) is 69.8 Å². The van der Waals surface area contributed by atoms with Crippen LogP contribution >= 0.6 is 7.60 Å². The van der Waals surface area contributed by atoms with Gasteiger partial charge in [-0.05, 0) is 5.56 Å². The lowest BCUT2D eigenvalue weighted by atomic mass is 10.1. The number of hydrogen-bond acceptors (Lipinski definition) is 6. The lowest BCUT2D eigenvalue weighted by molar-refractivity contribution is -0.385. The van der Waals surface area contributed by atoms with Crippen LogP contribution in [0.1, 0.15) is 23.0 Å². The van der Waals surface area contributed by atoms with Crippen LogP contribution in [0.2, 0.25) is 0 Å². The third-order valence-corrected chi connectivity index (χ3v) is 5.45. The highest BCUT2D eigenvalue weighted by Crippen LogP contribution is 2.60. The molecule has 2 aromatic carbocycles. The summed E-state index contributed by atoms with van der Waals surface area (Å²) in [6.45, 7) is -0.0238. The van der Waals surface area contributed by atoms with Gasteiger partial charge in [0, 0.05) is 11.6 Å². The minimum Gasteiger partial charge on any atom is -0.502 e. The van der Waals surface area contributed by atoms with Gasteiger partial charge in [0.15, 0.2) is 5.75 Å². The summed E-state index contributed by atoms with van der Waals surface area (Å²) in [5, 5.41) is 24.1. The van der Waals surface area contributed by atoms with Crippen LogP contribution in [0.15, 0.2) is 48.5 Å². The Morgan fingerprint density at radius 2 is 1.92 bits per heavy atom. The van der Waals surface area contributed by atoms with E-state index in [4.69, 9.17) is 4.52 Å². The van der Waals surface area contributed by atoms with Crippen LogP contribution in [0, 0.1) is 10.1 Å². The summed E-state index contributed by atoms with van der Waals surface area (Å²) < 4.78 is 17.5. The number of nitro groups is 1. The van der Waals surface area contributed by atoms with Crippen LogP contribution in [0.4, 0.5) is 5.69 Å². The van der Waals surface area contributed by atoms with E-state index in [9.17, 15) is 24.7 Å². The van der Waals surface area contributed by atoms with Crippen LogP contribution in [-0.4, -0.2) is 21.5 Å². The maximum atomic E-state index is 12.4. The molecule has 0 amide bonds. The molecular weight excluding hydrogens is 335 g/mol. The Balaban J connectivity index is 2.00. The predicted molar refractivity (Wildman–Crippen MR) is 85.6 cm³/mol. The molecule has 2 aromatic rings. The van der Waals surface area contributed by atoms with Gasteiger partial charge in [0.05, 0.1) is 17.6 Å². The smallest absolute Gasteiger partial charge is 0.349 e. The third kappa shape index (κ3) is 3.05. The van der Waals surface area contributed by atoms with Crippen molar-refractivity contribution < 1.29 is 24.0 Å². The highest BCUT2D eigenvalue weighted by atomic mass is 31.2. The minimum absolute atomic E-state index is 0.0238. The number of para-hydroxylation sites is 1. The maximum absolute atomic E-state index is 12.4. The van der Waals surface area contributed by atoms with Crippen molar-refractivity contribution >= 4 is 13.3 Å². The van der Waals surface area contributed by atoms with Gasteiger partial charge in [-0.1, -0.05) is 42.5 Å².